The van der Waals surface area contributed by atoms with Crippen LogP contribution in [0, 0.1) is 0 Å². The molecule has 0 spiro atoms. The molecule has 1 aromatic heterocycles. The minimum atomic E-state index is -0.228. The molecule has 0 radical (unpaired) electrons. The van der Waals surface area contributed by atoms with E-state index in [1.807, 2.05) is 30.5 Å². The molecular weight excluding hydrogens is 346 g/mol. The highest BCUT2D eigenvalue weighted by Gasteiger charge is 2.31. The summed E-state index contributed by atoms with van der Waals surface area (Å²) < 4.78 is 5.78. The summed E-state index contributed by atoms with van der Waals surface area (Å²) >= 11 is 1.16. The van der Waals surface area contributed by atoms with Gasteiger partial charge in [-0.05, 0) is 41.7 Å². The first-order valence-corrected chi connectivity index (χ1v) is 9.78. The minimum Gasteiger partial charge on any atom is -0.493 e. The fourth-order valence-corrected chi connectivity index (χ4v) is 3.85. The number of benzene rings is 1. The highest BCUT2D eigenvalue weighted by atomic mass is 32.2. The second-order valence-corrected chi connectivity index (χ2v) is 8.07. The third kappa shape index (κ3) is 4.94. The lowest BCUT2D eigenvalue weighted by atomic mass is 10.1. The standard InChI is InChI=1S/C21H23NO3S/c1-14(2)16-5-6-17(22-13-16)9-10-25-18-7-3-15(4-8-18)11-20-19(23)12-21(24)26-20/h3-8,13-14,20H,9-12H2,1-2H3. The Kier molecular flexibility index (Phi) is 6.09. The molecule has 26 heavy (non-hydrogen) atoms. The molecule has 0 saturated carbocycles. The number of carbonyl (C=O) groups is 2. The van der Waals surface area contributed by atoms with E-state index in [2.05, 4.69) is 31.0 Å². The number of Topliss-reactive ketones (excluding diaryl/α,β-unsaturated/α-hetero) is 1. The maximum Gasteiger partial charge on any atom is 0.197 e. The van der Waals surface area contributed by atoms with Gasteiger partial charge in [0.05, 0.1) is 18.3 Å². The third-order valence-corrected chi connectivity index (χ3v) is 5.56. The zero-order chi connectivity index (χ0) is 18.5. The highest BCUT2D eigenvalue weighted by Crippen LogP contribution is 2.28. The van der Waals surface area contributed by atoms with Gasteiger partial charge in [-0.2, -0.15) is 0 Å². The Morgan fingerprint density at radius 1 is 1.15 bits per heavy atom. The maximum atomic E-state index is 11.7. The predicted octanol–water partition coefficient (Wildman–Crippen LogP) is 3.97. The number of nitrogens with zero attached hydrogens (tertiary/aromatic N) is 1. The molecule has 1 atom stereocenters. The van der Waals surface area contributed by atoms with E-state index in [0.29, 0.717) is 18.9 Å². The Labute approximate surface area is 158 Å². The fourth-order valence-electron chi connectivity index (χ4n) is 2.81. The molecule has 0 N–H and O–H groups in total. The van der Waals surface area contributed by atoms with E-state index in [9.17, 15) is 9.59 Å². The summed E-state index contributed by atoms with van der Waals surface area (Å²) in [4.78, 5) is 27.5. The van der Waals surface area contributed by atoms with E-state index in [0.717, 1.165) is 35.2 Å². The van der Waals surface area contributed by atoms with E-state index >= 15 is 0 Å². The van der Waals surface area contributed by atoms with Gasteiger partial charge in [0.15, 0.2) is 10.9 Å². The zero-order valence-electron chi connectivity index (χ0n) is 15.1. The number of pyridine rings is 1. The lowest BCUT2D eigenvalue weighted by molar-refractivity contribution is -0.121. The molecule has 0 aliphatic carbocycles. The summed E-state index contributed by atoms with van der Waals surface area (Å²) in [7, 11) is 0. The SMILES string of the molecule is CC(C)c1ccc(CCOc2ccc(CC3SC(=O)CC3=O)cc2)nc1. The zero-order valence-corrected chi connectivity index (χ0v) is 15.9. The van der Waals surface area contributed by atoms with Crippen molar-refractivity contribution >= 4 is 22.7 Å². The van der Waals surface area contributed by atoms with E-state index < -0.39 is 0 Å². The lowest BCUT2D eigenvalue weighted by Crippen LogP contribution is -2.13. The normalized spacial score (nSPS) is 17.1. The summed E-state index contributed by atoms with van der Waals surface area (Å²) in [5.74, 6) is 1.33. The Morgan fingerprint density at radius 2 is 1.92 bits per heavy atom. The van der Waals surface area contributed by atoms with Crippen molar-refractivity contribution in [2.24, 2.45) is 0 Å². The first-order valence-electron chi connectivity index (χ1n) is 8.90. The monoisotopic (exact) mass is 369 g/mol. The summed E-state index contributed by atoms with van der Waals surface area (Å²) in [6.07, 6.45) is 3.36. The molecule has 3 rings (SSSR count). The highest BCUT2D eigenvalue weighted by molar-refractivity contribution is 8.15. The van der Waals surface area contributed by atoms with Crippen LogP contribution in [0.3, 0.4) is 0 Å². The van der Waals surface area contributed by atoms with Crippen LogP contribution < -0.4 is 4.74 Å². The molecule has 1 fully saturated rings. The van der Waals surface area contributed by atoms with Crippen molar-refractivity contribution in [3.8, 4) is 5.75 Å². The number of ketones is 1. The second-order valence-electron chi connectivity index (χ2n) is 6.81. The van der Waals surface area contributed by atoms with Crippen molar-refractivity contribution in [2.75, 3.05) is 6.61 Å². The molecular formula is C21H23NO3S. The van der Waals surface area contributed by atoms with Crippen molar-refractivity contribution < 1.29 is 14.3 Å². The van der Waals surface area contributed by atoms with E-state index in [4.69, 9.17) is 4.74 Å². The van der Waals surface area contributed by atoms with E-state index in [-0.39, 0.29) is 22.6 Å². The van der Waals surface area contributed by atoms with Crippen LogP contribution in [0.2, 0.25) is 0 Å². The third-order valence-electron chi connectivity index (χ3n) is 4.44. The number of thioether (sulfide) groups is 1. The predicted molar refractivity (Wildman–Crippen MR) is 104 cm³/mol. The smallest absolute Gasteiger partial charge is 0.197 e. The van der Waals surface area contributed by atoms with Crippen LogP contribution in [0.5, 0.6) is 5.75 Å². The summed E-state index contributed by atoms with van der Waals surface area (Å²) in [5, 5.41) is -0.246. The van der Waals surface area contributed by atoms with Gasteiger partial charge in [-0.3, -0.25) is 14.6 Å². The van der Waals surface area contributed by atoms with Gasteiger partial charge in [0.2, 0.25) is 0 Å². The average Bonchev–Trinajstić information content (AvgIpc) is 2.94. The lowest BCUT2D eigenvalue weighted by Gasteiger charge is -2.09. The van der Waals surface area contributed by atoms with Crippen LogP contribution in [0.4, 0.5) is 0 Å². The Bertz CT molecular complexity index is 769. The fraction of sp³-hybridized carbons (Fsp3) is 0.381. The average molecular weight is 369 g/mol. The number of aromatic nitrogens is 1. The molecule has 1 aliphatic heterocycles. The molecule has 136 valence electrons. The van der Waals surface area contributed by atoms with Crippen LogP contribution in [-0.2, 0) is 22.4 Å². The first-order chi connectivity index (χ1) is 12.5. The van der Waals surface area contributed by atoms with Crippen LogP contribution >= 0.6 is 11.8 Å². The first kappa shape index (κ1) is 18.6. The van der Waals surface area contributed by atoms with Crippen molar-refractivity contribution in [1.82, 2.24) is 4.98 Å². The molecule has 2 aromatic rings. The largest absolute Gasteiger partial charge is 0.493 e. The van der Waals surface area contributed by atoms with Gasteiger partial charge in [0.25, 0.3) is 0 Å². The molecule has 1 aromatic carbocycles. The second kappa shape index (κ2) is 8.49. The Morgan fingerprint density at radius 3 is 2.50 bits per heavy atom. The number of carbonyl (C=O) groups excluding carboxylic acids is 2. The van der Waals surface area contributed by atoms with Crippen LogP contribution in [0.15, 0.2) is 42.6 Å². The summed E-state index contributed by atoms with van der Waals surface area (Å²) in [5.41, 5.74) is 3.31. The van der Waals surface area contributed by atoms with Crippen molar-refractivity contribution in [1.29, 1.82) is 0 Å². The van der Waals surface area contributed by atoms with E-state index in [1.54, 1.807) is 0 Å². The van der Waals surface area contributed by atoms with Crippen molar-refractivity contribution in [2.45, 2.75) is 44.3 Å². The number of rotatable bonds is 7. The van der Waals surface area contributed by atoms with Gasteiger partial charge in [-0.1, -0.05) is 43.8 Å². The molecule has 4 nitrogen and oxygen atoms in total. The van der Waals surface area contributed by atoms with Gasteiger partial charge < -0.3 is 4.74 Å². The molecule has 1 saturated heterocycles. The number of hydrogen-bond acceptors (Lipinski definition) is 5. The molecule has 2 heterocycles. The van der Waals surface area contributed by atoms with Crippen LogP contribution in [0.25, 0.3) is 0 Å². The molecule has 1 unspecified atom stereocenters. The van der Waals surface area contributed by atoms with Gasteiger partial charge in [0, 0.05) is 18.3 Å². The van der Waals surface area contributed by atoms with Crippen molar-refractivity contribution in [3.05, 3.63) is 59.4 Å². The topological polar surface area (TPSA) is 56.3 Å². The van der Waals surface area contributed by atoms with Gasteiger partial charge in [-0.15, -0.1) is 0 Å². The molecule has 5 heteroatoms. The van der Waals surface area contributed by atoms with E-state index in [1.165, 1.54) is 5.56 Å². The summed E-state index contributed by atoms with van der Waals surface area (Å²) in [6, 6.07) is 11.9. The summed E-state index contributed by atoms with van der Waals surface area (Å²) in [6.45, 7) is 4.88. The Balaban J connectivity index is 1.47. The van der Waals surface area contributed by atoms with Crippen LogP contribution in [0.1, 0.15) is 43.0 Å². The molecule has 0 amide bonds. The Hall–Kier alpha value is -2.14. The minimum absolute atomic E-state index is 0.0185. The maximum absolute atomic E-state index is 11.7. The van der Waals surface area contributed by atoms with Crippen LogP contribution in [-0.4, -0.2) is 27.7 Å². The number of ether oxygens (including phenoxy) is 1. The molecule has 0 bridgehead atoms. The quantitative estimate of drug-likeness (QED) is 0.691. The molecule has 1 aliphatic rings. The van der Waals surface area contributed by atoms with Gasteiger partial charge in [-0.25, -0.2) is 0 Å². The van der Waals surface area contributed by atoms with Crippen molar-refractivity contribution in [3.63, 3.8) is 0 Å². The van der Waals surface area contributed by atoms with Gasteiger partial charge in [0.1, 0.15) is 5.75 Å². The van der Waals surface area contributed by atoms with Gasteiger partial charge >= 0.3 is 0 Å². The number of hydrogen-bond donors (Lipinski definition) is 0.